The first-order chi connectivity index (χ1) is 8.85. The van der Waals surface area contributed by atoms with E-state index in [1.54, 1.807) is 12.4 Å². The minimum atomic E-state index is 0.345. The van der Waals surface area contributed by atoms with Gasteiger partial charge in [0, 0.05) is 11.8 Å². The van der Waals surface area contributed by atoms with E-state index in [1.165, 1.54) is 25.7 Å². The van der Waals surface area contributed by atoms with Gasteiger partial charge in [-0.05, 0) is 43.6 Å². The maximum absolute atomic E-state index is 6.07. The van der Waals surface area contributed by atoms with E-state index in [0.717, 1.165) is 23.1 Å². The normalized spacial score (nSPS) is 28.8. The number of alkyl halides is 1. The molecular formula is C15H16ClNO. The van der Waals surface area contributed by atoms with Crippen molar-refractivity contribution in [3.8, 4) is 17.6 Å². The third-order valence-corrected chi connectivity index (χ3v) is 4.11. The summed E-state index contributed by atoms with van der Waals surface area (Å²) >= 11 is 5.55. The van der Waals surface area contributed by atoms with Crippen LogP contribution in [-0.4, -0.2) is 17.0 Å². The Morgan fingerprint density at radius 3 is 3.00 bits per heavy atom. The second kappa shape index (κ2) is 5.20. The Kier molecular flexibility index (Phi) is 3.43. The fraction of sp³-hybridized carbons (Fsp3) is 0.533. The minimum Gasteiger partial charge on any atom is -0.488 e. The average molecular weight is 262 g/mol. The molecule has 0 N–H and O–H groups in total. The van der Waals surface area contributed by atoms with Crippen LogP contribution in [-0.2, 0) is 0 Å². The Balaban J connectivity index is 1.69. The molecule has 0 spiro atoms. The molecule has 3 atom stereocenters. The largest absolute Gasteiger partial charge is 0.488 e. The third kappa shape index (κ3) is 2.47. The molecule has 2 bridgehead atoms. The van der Waals surface area contributed by atoms with E-state index in [9.17, 15) is 0 Å². The number of hydrogen-bond donors (Lipinski definition) is 0. The molecule has 0 aromatic carbocycles. The van der Waals surface area contributed by atoms with Gasteiger partial charge in [-0.25, -0.2) is 0 Å². The molecule has 2 aliphatic carbocycles. The Morgan fingerprint density at radius 2 is 2.28 bits per heavy atom. The van der Waals surface area contributed by atoms with Crippen LogP contribution in [0.25, 0.3) is 0 Å². The van der Waals surface area contributed by atoms with Crippen molar-refractivity contribution >= 4 is 11.6 Å². The number of ether oxygens (including phenoxy) is 1. The lowest BCUT2D eigenvalue weighted by Gasteiger charge is -2.22. The van der Waals surface area contributed by atoms with E-state index >= 15 is 0 Å². The molecule has 0 saturated heterocycles. The molecule has 18 heavy (non-hydrogen) atoms. The van der Waals surface area contributed by atoms with Crippen LogP contribution in [0.15, 0.2) is 18.5 Å². The van der Waals surface area contributed by atoms with Crippen molar-refractivity contribution in [2.75, 3.05) is 5.88 Å². The first kappa shape index (κ1) is 11.9. The molecule has 2 saturated carbocycles. The Bertz CT molecular complexity index is 491. The maximum Gasteiger partial charge on any atom is 0.139 e. The minimum absolute atomic E-state index is 0.345. The number of aromatic nitrogens is 1. The number of halogens is 1. The number of nitrogens with zero attached hydrogens (tertiary/aromatic N) is 1. The van der Waals surface area contributed by atoms with Crippen molar-refractivity contribution < 1.29 is 4.74 Å². The molecule has 1 heterocycles. The second-order valence-electron chi connectivity index (χ2n) is 5.18. The SMILES string of the molecule is ClCC#Cc1cncc(OC2CC3CCC2C3)c1. The molecule has 2 fully saturated rings. The molecule has 1 aromatic heterocycles. The topological polar surface area (TPSA) is 22.1 Å². The van der Waals surface area contributed by atoms with E-state index in [-0.39, 0.29) is 0 Å². The van der Waals surface area contributed by atoms with Crippen LogP contribution < -0.4 is 4.74 Å². The predicted molar refractivity (Wildman–Crippen MR) is 71.7 cm³/mol. The van der Waals surface area contributed by atoms with Gasteiger partial charge in [0.05, 0.1) is 12.1 Å². The fourth-order valence-corrected chi connectivity index (χ4v) is 3.26. The summed E-state index contributed by atoms with van der Waals surface area (Å²) in [6.07, 6.45) is 9.19. The smallest absolute Gasteiger partial charge is 0.139 e. The van der Waals surface area contributed by atoms with E-state index in [0.29, 0.717) is 12.0 Å². The maximum atomic E-state index is 6.07. The molecule has 94 valence electrons. The van der Waals surface area contributed by atoms with Crippen LogP contribution in [0, 0.1) is 23.7 Å². The predicted octanol–water partition coefficient (Wildman–Crippen LogP) is 3.24. The molecule has 3 heteroatoms. The quantitative estimate of drug-likeness (QED) is 0.602. The Morgan fingerprint density at radius 1 is 1.33 bits per heavy atom. The van der Waals surface area contributed by atoms with Gasteiger partial charge in [0.2, 0.25) is 0 Å². The van der Waals surface area contributed by atoms with E-state index in [4.69, 9.17) is 16.3 Å². The fourth-order valence-electron chi connectivity index (χ4n) is 3.19. The second-order valence-corrected chi connectivity index (χ2v) is 5.44. The molecule has 0 radical (unpaired) electrons. The van der Waals surface area contributed by atoms with E-state index < -0.39 is 0 Å². The molecule has 1 aromatic rings. The highest BCUT2D eigenvalue weighted by molar-refractivity contribution is 6.19. The van der Waals surface area contributed by atoms with Gasteiger partial charge in [0.25, 0.3) is 0 Å². The van der Waals surface area contributed by atoms with Gasteiger partial charge in [-0.3, -0.25) is 4.98 Å². The van der Waals surface area contributed by atoms with Gasteiger partial charge in [-0.2, -0.15) is 0 Å². The van der Waals surface area contributed by atoms with Crippen molar-refractivity contribution in [1.29, 1.82) is 0 Å². The Hall–Kier alpha value is -1.20. The van der Waals surface area contributed by atoms with Gasteiger partial charge in [-0.15, -0.1) is 11.6 Å². The number of rotatable bonds is 2. The van der Waals surface area contributed by atoms with Crippen LogP contribution in [0.1, 0.15) is 31.2 Å². The molecule has 0 aliphatic heterocycles. The summed E-state index contributed by atoms with van der Waals surface area (Å²) in [5.41, 5.74) is 0.872. The van der Waals surface area contributed by atoms with Crippen molar-refractivity contribution in [2.45, 2.75) is 31.8 Å². The van der Waals surface area contributed by atoms with Gasteiger partial charge < -0.3 is 4.74 Å². The molecule has 3 unspecified atom stereocenters. The monoisotopic (exact) mass is 261 g/mol. The lowest BCUT2D eigenvalue weighted by molar-refractivity contribution is 0.138. The zero-order valence-electron chi connectivity index (χ0n) is 10.2. The van der Waals surface area contributed by atoms with Crippen LogP contribution in [0.2, 0.25) is 0 Å². The standard InChI is InChI=1S/C15H16ClNO/c16-5-1-2-12-7-14(10-17-9-12)18-15-8-11-3-4-13(15)6-11/h7,9-11,13,15H,3-6,8H2. The summed E-state index contributed by atoms with van der Waals surface area (Å²) in [4.78, 5) is 4.17. The first-order valence-corrected chi connectivity index (χ1v) is 7.05. The summed E-state index contributed by atoms with van der Waals surface area (Å²) in [7, 11) is 0. The zero-order chi connectivity index (χ0) is 12.4. The Labute approximate surface area is 113 Å². The molecular weight excluding hydrogens is 246 g/mol. The number of pyridine rings is 1. The molecule has 2 nitrogen and oxygen atoms in total. The lowest BCUT2D eigenvalue weighted by Crippen LogP contribution is -2.23. The summed E-state index contributed by atoms with van der Waals surface area (Å²) in [5, 5.41) is 0. The zero-order valence-corrected chi connectivity index (χ0v) is 11.0. The third-order valence-electron chi connectivity index (χ3n) is 3.97. The summed E-state index contributed by atoms with van der Waals surface area (Å²) in [5.74, 6) is 8.64. The van der Waals surface area contributed by atoms with Crippen LogP contribution in [0.3, 0.4) is 0 Å². The summed E-state index contributed by atoms with van der Waals surface area (Å²) < 4.78 is 6.07. The first-order valence-electron chi connectivity index (χ1n) is 6.51. The van der Waals surface area contributed by atoms with Crippen LogP contribution in [0.4, 0.5) is 0 Å². The van der Waals surface area contributed by atoms with Gasteiger partial charge in [0.15, 0.2) is 0 Å². The van der Waals surface area contributed by atoms with Gasteiger partial charge in [-0.1, -0.05) is 11.8 Å². The van der Waals surface area contributed by atoms with Gasteiger partial charge in [0.1, 0.15) is 11.9 Å². The summed E-state index contributed by atoms with van der Waals surface area (Å²) in [6, 6.07) is 1.96. The summed E-state index contributed by atoms with van der Waals surface area (Å²) in [6.45, 7) is 0. The number of fused-ring (bicyclic) bond motifs is 2. The highest BCUT2D eigenvalue weighted by atomic mass is 35.5. The average Bonchev–Trinajstić information content (AvgIpc) is 2.99. The number of hydrogen-bond acceptors (Lipinski definition) is 2. The molecule has 0 amide bonds. The van der Waals surface area contributed by atoms with Crippen LogP contribution in [0.5, 0.6) is 5.75 Å². The van der Waals surface area contributed by atoms with Crippen molar-refractivity contribution in [3.05, 3.63) is 24.0 Å². The van der Waals surface area contributed by atoms with Crippen LogP contribution >= 0.6 is 11.6 Å². The molecule has 2 aliphatic rings. The highest BCUT2D eigenvalue weighted by Crippen LogP contribution is 2.45. The van der Waals surface area contributed by atoms with Crippen molar-refractivity contribution in [1.82, 2.24) is 4.98 Å². The van der Waals surface area contributed by atoms with Crippen molar-refractivity contribution in [3.63, 3.8) is 0 Å². The van der Waals surface area contributed by atoms with E-state index in [2.05, 4.69) is 16.8 Å². The van der Waals surface area contributed by atoms with Crippen molar-refractivity contribution in [2.24, 2.45) is 11.8 Å². The lowest BCUT2D eigenvalue weighted by atomic mass is 9.98. The highest BCUT2D eigenvalue weighted by Gasteiger charge is 2.40. The molecule has 3 rings (SSSR count). The van der Waals surface area contributed by atoms with Gasteiger partial charge >= 0.3 is 0 Å². The van der Waals surface area contributed by atoms with E-state index in [1.807, 2.05) is 6.07 Å².